The van der Waals surface area contributed by atoms with Crippen LogP contribution in [0.1, 0.15) is 32.6 Å². The third-order valence-corrected chi connectivity index (χ3v) is 3.80. The van der Waals surface area contributed by atoms with Gasteiger partial charge in [-0.25, -0.2) is 4.39 Å². The lowest BCUT2D eigenvalue weighted by molar-refractivity contribution is -0.0860. The van der Waals surface area contributed by atoms with Crippen LogP contribution >= 0.6 is 9.24 Å². The van der Waals surface area contributed by atoms with Crippen molar-refractivity contribution in [2.24, 2.45) is 11.3 Å². The van der Waals surface area contributed by atoms with Gasteiger partial charge in [0.2, 0.25) is 0 Å². The van der Waals surface area contributed by atoms with Gasteiger partial charge in [-0.3, -0.25) is 0 Å². The molecule has 0 amide bonds. The molecule has 0 N–H and O–H groups in total. The molecule has 2 fully saturated rings. The average molecular weight is 186 g/mol. The molecule has 0 bridgehead atoms. The monoisotopic (exact) mass is 186 g/mol. The van der Waals surface area contributed by atoms with Crippen LogP contribution in [-0.2, 0) is 0 Å². The van der Waals surface area contributed by atoms with E-state index in [4.69, 9.17) is 0 Å². The quantitative estimate of drug-likeness (QED) is 0.435. The summed E-state index contributed by atoms with van der Waals surface area (Å²) in [4.78, 5) is 0. The molecule has 0 heterocycles. The molecule has 2 aliphatic carbocycles. The normalized spacial score (nSPS) is 51.4. The summed E-state index contributed by atoms with van der Waals surface area (Å²) in [6.45, 7) is 6.02. The molecule has 1 unspecified atom stereocenters. The number of rotatable bonds is 1. The second-order valence-electron chi connectivity index (χ2n) is 4.84. The lowest BCUT2D eigenvalue weighted by Gasteiger charge is -2.59. The predicted octanol–water partition coefficient (Wildman–Crippen LogP) is 3.29. The van der Waals surface area contributed by atoms with Crippen LogP contribution < -0.4 is 0 Å². The van der Waals surface area contributed by atoms with Gasteiger partial charge in [0.05, 0.1) is 0 Å². The summed E-state index contributed by atoms with van der Waals surface area (Å²) < 4.78 is 13.2. The molecule has 0 nitrogen and oxygen atoms in total. The van der Waals surface area contributed by atoms with Crippen molar-refractivity contribution in [3.8, 4) is 0 Å². The topological polar surface area (TPSA) is 0 Å². The van der Waals surface area contributed by atoms with Crippen molar-refractivity contribution in [2.45, 2.75) is 38.0 Å². The highest BCUT2D eigenvalue weighted by Gasteiger charge is 2.58. The average Bonchev–Trinajstić information content (AvgIpc) is 1.75. The smallest absolute Gasteiger partial charge is 0.124 e. The van der Waals surface area contributed by atoms with Crippen LogP contribution in [0, 0.1) is 11.3 Å². The molecule has 0 radical (unpaired) electrons. The summed E-state index contributed by atoms with van der Waals surface area (Å²) >= 11 is 0. The van der Waals surface area contributed by atoms with E-state index < -0.39 is 5.41 Å². The molecule has 2 rings (SSSR count). The van der Waals surface area contributed by atoms with Crippen molar-refractivity contribution in [3.63, 3.8) is 0 Å². The minimum absolute atomic E-state index is 0.375. The number of halogens is 1. The van der Waals surface area contributed by atoms with Crippen LogP contribution in [0.2, 0.25) is 0 Å². The zero-order chi connectivity index (χ0) is 8.98. The van der Waals surface area contributed by atoms with Gasteiger partial charge < -0.3 is 0 Å². The van der Waals surface area contributed by atoms with Gasteiger partial charge in [0.15, 0.2) is 0 Å². The first-order chi connectivity index (χ1) is 5.43. The molecule has 2 aliphatic rings. The fourth-order valence-electron chi connectivity index (χ4n) is 2.82. The van der Waals surface area contributed by atoms with Gasteiger partial charge in [0.1, 0.15) is 5.41 Å². The Bertz CT molecular complexity index is 216. The Morgan fingerprint density at radius 1 is 1.50 bits per heavy atom. The van der Waals surface area contributed by atoms with Crippen molar-refractivity contribution >= 4 is 9.24 Å². The molecule has 2 heteroatoms. The third-order valence-electron chi connectivity index (χ3n) is 3.39. The highest BCUT2D eigenvalue weighted by Crippen LogP contribution is 2.66. The molecule has 1 atom stereocenters. The summed E-state index contributed by atoms with van der Waals surface area (Å²) in [7, 11) is 2.33. The molecular formula is C10H16FP. The van der Waals surface area contributed by atoms with Gasteiger partial charge in [-0.1, -0.05) is 21.4 Å². The molecule has 0 saturated heterocycles. The molecule has 12 heavy (non-hydrogen) atoms. The molecule has 0 aromatic heterocycles. The van der Waals surface area contributed by atoms with E-state index in [1.165, 1.54) is 18.4 Å². The summed E-state index contributed by atoms with van der Waals surface area (Å²) in [5.74, 6) is 0.686. The van der Waals surface area contributed by atoms with Crippen LogP contribution in [0.25, 0.3) is 0 Å². The Morgan fingerprint density at radius 2 is 2.00 bits per heavy atom. The van der Waals surface area contributed by atoms with Crippen molar-refractivity contribution in [3.05, 3.63) is 12.2 Å². The van der Waals surface area contributed by atoms with E-state index in [0.717, 1.165) is 12.8 Å². The van der Waals surface area contributed by atoms with Gasteiger partial charge >= 0.3 is 0 Å². The minimum Gasteiger partial charge on any atom is -0.239 e. The van der Waals surface area contributed by atoms with Crippen LogP contribution in [-0.4, -0.2) is 5.41 Å². The Balaban J connectivity index is 1.87. The van der Waals surface area contributed by atoms with Crippen LogP contribution in [0.3, 0.4) is 0 Å². The second kappa shape index (κ2) is 2.32. The second-order valence-corrected chi connectivity index (χ2v) is 5.87. The van der Waals surface area contributed by atoms with E-state index in [1.807, 2.05) is 0 Å². The van der Waals surface area contributed by atoms with E-state index in [2.05, 4.69) is 22.7 Å². The molecule has 0 aromatic carbocycles. The summed E-state index contributed by atoms with van der Waals surface area (Å²) in [5.41, 5.74) is 1.65. The first kappa shape index (κ1) is 8.69. The van der Waals surface area contributed by atoms with Crippen molar-refractivity contribution < 1.29 is 4.39 Å². The molecule has 0 aliphatic heterocycles. The lowest BCUT2D eigenvalue weighted by atomic mass is 9.50. The Hall–Kier alpha value is 0.100. The van der Waals surface area contributed by atoms with E-state index in [1.54, 1.807) is 0 Å². The molecule has 0 aromatic rings. The summed E-state index contributed by atoms with van der Waals surface area (Å²) in [5, 5.41) is -0.931. The minimum atomic E-state index is -0.931. The SMILES string of the molecule is C=C(C)C1CC2(C1)CC(F)(P)C2. The predicted molar refractivity (Wildman–Crippen MR) is 52.8 cm³/mol. The van der Waals surface area contributed by atoms with Gasteiger partial charge in [-0.2, -0.15) is 0 Å². The Morgan fingerprint density at radius 3 is 2.33 bits per heavy atom. The van der Waals surface area contributed by atoms with E-state index >= 15 is 0 Å². The van der Waals surface area contributed by atoms with Crippen LogP contribution in [0.15, 0.2) is 12.2 Å². The molecular weight excluding hydrogens is 170 g/mol. The number of alkyl halides is 1. The maximum atomic E-state index is 13.2. The van der Waals surface area contributed by atoms with E-state index in [9.17, 15) is 4.39 Å². The van der Waals surface area contributed by atoms with Gasteiger partial charge in [0.25, 0.3) is 0 Å². The molecule has 68 valence electrons. The highest BCUT2D eigenvalue weighted by atomic mass is 31.0. The fraction of sp³-hybridized carbons (Fsp3) is 0.800. The highest BCUT2D eigenvalue weighted by molar-refractivity contribution is 7.18. The number of hydrogen-bond acceptors (Lipinski definition) is 0. The van der Waals surface area contributed by atoms with E-state index in [0.29, 0.717) is 11.3 Å². The fourth-order valence-corrected chi connectivity index (χ4v) is 3.68. The van der Waals surface area contributed by atoms with Crippen LogP contribution in [0.5, 0.6) is 0 Å². The summed E-state index contributed by atoms with van der Waals surface area (Å²) in [6.07, 6.45) is 3.88. The summed E-state index contributed by atoms with van der Waals surface area (Å²) in [6, 6.07) is 0. The van der Waals surface area contributed by atoms with Crippen molar-refractivity contribution in [2.75, 3.05) is 0 Å². The first-order valence-electron chi connectivity index (χ1n) is 4.56. The lowest BCUT2D eigenvalue weighted by Crippen LogP contribution is -2.52. The Kier molecular flexibility index (Phi) is 1.68. The zero-order valence-corrected chi connectivity index (χ0v) is 8.72. The zero-order valence-electron chi connectivity index (χ0n) is 7.57. The molecule has 1 spiro atoms. The number of allylic oxidation sites excluding steroid dienone is 1. The maximum absolute atomic E-state index is 13.2. The van der Waals surface area contributed by atoms with Gasteiger partial charge in [0, 0.05) is 0 Å². The number of hydrogen-bond donors (Lipinski definition) is 0. The van der Waals surface area contributed by atoms with Gasteiger partial charge in [-0.15, -0.1) is 0 Å². The maximum Gasteiger partial charge on any atom is 0.124 e. The first-order valence-corrected chi connectivity index (χ1v) is 5.14. The van der Waals surface area contributed by atoms with Gasteiger partial charge in [-0.05, 0) is 43.9 Å². The van der Waals surface area contributed by atoms with Crippen LogP contribution in [0.4, 0.5) is 4.39 Å². The van der Waals surface area contributed by atoms with Crippen molar-refractivity contribution in [1.82, 2.24) is 0 Å². The Labute approximate surface area is 75.8 Å². The molecule has 2 saturated carbocycles. The third kappa shape index (κ3) is 1.23. The largest absolute Gasteiger partial charge is 0.239 e. The standard InChI is InChI=1S/C10H16FP/c1-7(2)8-3-9(4-8)5-10(11,12)6-9/h8H,1,3-6,12H2,2H3. The van der Waals surface area contributed by atoms with Crippen molar-refractivity contribution in [1.29, 1.82) is 0 Å². The van der Waals surface area contributed by atoms with E-state index in [-0.39, 0.29) is 0 Å².